The molecular weight excluding hydrogens is 614 g/mol. The fourth-order valence-electron chi connectivity index (χ4n) is 4.15. The predicted molar refractivity (Wildman–Crippen MR) is 179 cm³/mol. The van der Waals surface area contributed by atoms with Crippen LogP contribution in [0.15, 0.2) is 95.5 Å². The summed E-state index contributed by atoms with van der Waals surface area (Å²) in [7, 11) is 4.56. The second kappa shape index (κ2) is 15.7. The second-order valence-corrected chi connectivity index (χ2v) is 11.1. The molecule has 0 aromatic heterocycles. The van der Waals surface area contributed by atoms with Gasteiger partial charge in [-0.25, -0.2) is 0 Å². The number of anilines is 2. The molecule has 11 heteroatoms. The highest BCUT2D eigenvalue weighted by molar-refractivity contribution is 8.00. The molecule has 0 heterocycles. The van der Waals surface area contributed by atoms with Gasteiger partial charge in [0.2, 0.25) is 5.91 Å². The van der Waals surface area contributed by atoms with Gasteiger partial charge in [0.05, 0.1) is 32.8 Å². The van der Waals surface area contributed by atoms with Crippen molar-refractivity contribution in [2.24, 2.45) is 0 Å². The minimum absolute atomic E-state index is 0.00149. The van der Waals surface area contributed by atoms with Crippen molar-refractivity contribution in [2.45, 2.75) is 11.8 Å². The minimum atomic E-state index is -0.545. The third-order valence-corrected chi connectivity index (χ3v) is 7.92. The van der Waals surface area contributed by atoms with Crippen LogP contribution in [0.1, 0.15) is 21.5 Å². The third-order valence-electron chi connectivity index (χ3n) is 6.50. The fraction of sp³-hybridized carbons (Fsp3) is 0.147. The van der Waals surface area contributed by atoms with E-state index < -0.39 is 11.8 Å². The molecule has 0 aliphatic heterocycles. The first-order chi connectivity index (χ1) is 21.7. The van der Waals surface area contributed by atoms with Gasteiger partial charge in [0, 0.05) is 32.8 Å². The maximum absolute atomic E-state index is 13.5. The Labute approximate surface area is 270 Å². The van der Waals surface area contributed by atoms with Crippen LogP contribution in [0.4, 0.5) is 11.4 Å². The third kappa shape index (κ3) is 9.04. The van der Waals surface area contributed by atoms with E-state index in [1.807, 2.05) is 6.92 Å². The standard InChI is InChI=1S/C34H32ClN3O6S/c1-21-16-28(31(44-4)19-27(21)35)37-32(39)20-45-26-13-10-24(11-14-26)36-34(41)29(38-33(40)22-8-6-5-7-9-22)18-23-17-25(42-2)12-15-30(23)43-3/h5-19H,20H2,1-4H3,(H,36,41)(H,37,39)(H,38,40)/b29-18-. The molecule has 0 radical (unpaired) electrons. The lowest BCUT2D eigenvalue weighted by molar-refractivity contribution is -0.114. The highest BCUT2D eigenvalue weighted by atomic mass is 35.5. The summed E-state index contributed by atoms with van der Waals surface area (Å²) in [5, 5.41) is 8.95. The summed E-state index contributed by atoms with van der Waals surface area (Å²) in [5.41, 5.74) is 2.78. The molecule has 4 aromatic carbocycles. The zero-order chi connectivity index (χ0) is 32.3. The average Bonchev–Trinajstić information content (AvgIpc) is 3.05. The molecule has 0 atom stereocenters. The first-order valence-corrected chi connectivity index (χ1v) is 15.1. The summed E-state index contributed by atoms with van der Waals surface area (Å²) in [6.07, 6.45) is 1.53. The molecule has 3 N–H and O–H groups in total. The number of hydrogen-bond donors (Lipinski definition) is 3. The van der Waals surface area contributed by atoms with Crippen molar-refractivity contribution >= 4 is 58.5 Å². The Kier molecular flexibility index (Phi) is 11.5. The van der Waals surface area contributed by atoms with Crippen LogP contribution in [0.2, 0.25) is 5.02 Å². The lowest BCUT2D eigenvalue weighted by Gasteiger charge is -2.13. The molecule has 0 saturated carbocycles. The number of nitrogens with one attached hydrogen (secondary N) is 3. The Balaban J connectivity index is 1.46. The number of aryl methyl sites for hydroxylation is 1. The Bertz CT molecular complexity index is 1710. The van der Waals surface area contributed by atoms with Gasteiger partial charge in [0.1, 0.15) is 22.9 Å². The first-order valence-electron chi connectivity index (χ1n) is 13.7. The van der Waals surface area contributed by atoms with E-state index in [0.717, 1.165) is 10.5 Å². The van der Waals surface area contributed by atoms with Crippen LogP contribution < -0.4 is 30.2 Å². The first kappa shape index (κ1) is 33.0. The molecular formula is C34H32ClN3O6S. The zero-order valence-electron chi connectivity index (χ0n) is 25.1. The molecule has 9 nitrogen and oxygen atoms in total. The minimum Gasteiger partial charge on any atom is -0.497 e. The summed E-state index contributed by atoms with van der Waals surface area (Å²) < 4.78 is 16.1. The van der Waals surface area contributed by atoms with E-state index in [2.05, 4.69) is 16.0 Å². The van der Waals surface area contributed by atoms with Gasteiger partial charge in [-0.15, -0.1) is 11.8 Å². The lowest BCUT2D eigenvalue weighted by Crippen LogP contribution is -2.30. The molecule has 4 rings (SSSR count). The van der Waals surface area contributed by atoms with Gasteiger partial charge in [-0.2, -0.15) is 0 Å². The van der Waals surface area contributed by atoms with Crippen LogP contribution in [0.3, 0.4) is 0 Å². The fourth-order valence-corrected chi connectivity index (χ4v) is 5.00. The number of hydrogen-bond acceptors (Lipinski definition) is 7. The Morgan fingerprint density at radius 2 is 1.53 bits per heavy atom. The van der Waals surface area contributed by atoms with Gasteiger partial charge in [0.25, 0.3) is 11.8 Å². The van der Waals surface area contributed by atoms with Gasteiger partial charge < -0.3 is 30.2 Å². The maximum Gasteiger partial charge on any atom is 0.272 e. The van der Waals surface area contributed by atoms with Gasteiger partial charge in [-0.05, 0) is 79.2 Å². The Morgan fingerprint density at radius 1 is 0.822 bits per heavy atom. The molecule has 0 aliphatic carbocycles. The number of amides is 3. The van der Waals surface area contributed by atoms with Crippen molar-refractivity contribution in [2.75, 3.05) is 37.7 Å². The predicted octanol–water partition coefficient (Wildman–Crippen LogP) is 6.81. The molecule has 0 aliphatic rings. The van der Waals surface area contributed by atoms with Crippen LogP contribution in [0, 0.1) is 6.92 Å². The number of rotatable bonds is 12. The van der Waals surface area contributed by atoms with Crippen molar-refractivity contribution in [3.05, 3.63) is 112 Å². The quantitative estimate of drug-likeness (QED) is 0.114. The van der Waals surface area contributed by atoms with Crippen LogP contribution in [0.25, 0.3) is 6.08 Å². The molecule has 0 spiro atoms. The van der Waals surface area contributed by atoms with E-state index in [0.29, 0.717) is 44.8 Å². The molecule has 4 aromatic rings. The summed E-state index contributed by atoms with van der Waals surface area (Å²) in [6, 6.07) is 24.2. The summed E-state index contributed by atoms with van der Waals surface area (Å²) in [4.78, 5) is 39.9. The van der Waals surface area contributed by atoms with Gasteiger partial charge in [0.15, 0.2) is 0 Å². The van der Waals surface area contributed by atoms with E-state index in [4.69, 9.17) is 25.8 Å². The topological polar surface area (TPSA) is 115 Å². The van der Waals surface area contributed by atoms with Crippen molar-refractivity contribution < 1.29 is 28.6 Å². The molecule has 0 bridgehead atoms. The monoisotopic (exact) mass is 645 g/mol. The molecule has 0 fully saturated rings. The van der Waals surface area contributed by atoms with Gasteiger partial charge in [-0.3, -0.25) is 14.4 Å². The largest absolute Gasteiger partial charge is 0.497 e. The highest BCUT2D eigenvalue weighted by Crippen LogP contribution is 2.31. The van der Waals surface area contributed by atoms with Crippen LogP contribution in [-0.2, 0) is 9.59 Å². The van der Waals surface area contributed by atoms with Gasteiger partial charge in [-0.1, -0.05) is 29.8 Å². The number of methoxy groups -OCH3 is 3. The summed E-state index contributed by atoms with van der Waals surface area (Å²) >= 11 is 7.49. The molecule has 0 saturated heterocycles. The molecule has 45 heavy (non-hydrogen) atoms. The van der Waals surface area contributed by atoms with Crippen molar-refractivity contribution in [3.63, 3.8) is 0 Å². The second-order valence-electron chi connectivity index (χ2n) is 9.60. The Hall–Kier alpha value is -4.93. The van der Waals surface area contributed by atoms with E-state index >= 15 is 0 Å². The normalized spacial score (nSPS) is 10.9. The maximum atomic E-state index is 13.5. The average molecular weight is 646 g/mol. The highest BCUT2D eigenvalue weighted by Gasteiger charge is 2.17. The molecule has 3 amide bonds. The van der Waals surface area contributed by atoms with Crippen molar-refractivity contribution in [1.29, 1.82) is 0 Å². The zero-order valence-corrected chi connectivity index (χ0v) is 26.7. The number of thioether (sulfide) groups is 1. The summed E-state index contributed by atoms with van der Waals surface area (Å²) in [6.45, 7) is 1.85. The van der Waals surface area contributed by atoms with E-state index in [1.54, 1.807) is 84.9 Å². The van der Waals surface area contributed by atoms with Crippen molar-refractivity contribution in [1.82, 2.24) is 5.32 Å². The van der Waals surface area contributed by atoms with E-state index in [1.165, 1.54) is 39.2 Å². The van der Waals surface area contributed by atoms with E-state index in [-0.39, 0.29) is 17.4 Å². The van der Waals surface area contributed by atoms with Crippen LogP contribution in [-0.4, -0.2) is 44.8 Å². The summed E-state index contributed by atoms with van der Waals surface area (Å²) in [5.74, 6) is 0.464. The number of carbonyl (C=O) groups is 3. The van der Waals surface area contributed by atoms with Crippen LogP contribution in [0.5, 0.6) is 17.2 Å². The molecule has 232 valence electrons. The SMILES string of the molecule is COc1ccc(OC)c(/C=C(\NC(=O)c2ccccc2)C(=O)Nc2ccc(SCC(=O)Nc3cc(C)c(Cl)cc3OC)cc2)c1. The van der Waals surface area contributed by atoms with Crippen LogP contribution >= 0.6 is 23.4 Å². The smallest absolute Gasteiger partial charge is 0.272 e. The van der Waals surface area contributed by atoms with Crippen molar-refractivity contribution in [3.8, 4) is 17.2 Å². The number of carbonyl (C=O) groups excluding carboxylic acids is 3. The Morgan fingerprint density at radius 3 is 2.20 bits per heavy atom. The van der Waals surface area contributed by atoms with E-state index in [9.17, 15) is 14.4 Å². The number of halogens is 1. The number of benzene rings is 4. The lowest BCUT2D eigenvalue weighted by atomic mass is 10.1. The van der Waals surface area contributed by atoms with Gasteiger partial charge >= 0.3 is 0 Å². The molecule has 0 unspecified atom stereocenters. The number of ether oxygens (including phenoxy) is 3.